The maximum Gasteiger partial charge on any atom is 0.257 e. The molecule has 11 heteroatoms. The first-order valence-electron chi connectivity index (χ1n) is 13.9. The third-order valence-corrected chi connectivity index (χ3v) is 7.15. The molecule has 0 aliphatic heterocycles. The first-order chi connectivity index (χ1) is 21.9. The number of ether oxygens (including phenoxy) is 3. The molecule has 4 N–H and O–H groups in total. The number of anilines is 2. The van der Waals surface area contributed by atoms with Crippen LogP contribution in [0.4, 0.5) is 11.4 Å². The molecular formula is C34H28N6O5. The van der Waals surface area contributed by atoms with Gasteiger partial charge in [-0.3, -0.25) is 14.6 Å². The molecule has 2 amide bonds. The summed E-state index contributed by atoms with van der Waals surface area (Å²) in [6.07, 6.45) is 2.83. The molecule has 0 fully saturated rings. The molecular weight excluding hydrogens is 572 g/mol. The predicted octanol–water partition coefficient (Wildman–Crippen LogP) is 5.75. The molecule has 0 aliphatic carbocycles. The Kier molecular flexibility index (Phi) is 8.06. The van der Waals surface area contributed by atoms with Crippen LogP contribution in [-0.4, -0.2) is 41.0 Å². The van der Waals surface area contributed by atoms with Crippen LogP contribution in [0.2, 0.25) is 0 Å². The van der Waals surface area contributed by atoms with Gasteiger partial charge in [-0.2, -0.15) is 0 Å². The average Bonchev–Trinajstić information content (AvgIpc) is 3.07. The van der Waals surface area contributed by atoms with Crippen molar-refractivity contribution in [3.05, 3.63) is 114 Å². The Bertz CT molecular complexity index is 2050. The Labute approximate surface area is 258 Å². The molecule has 45 heavy (non-hydrogen) atoms. The lowest BCUT2D eigenvalue weighted by atomic mass is 10.0. The second-order valence-corrected chi connectivity index (χ2v) is 9.93. The smallest absolute Gasteiger partial charge is 0.257 e. The van der Waals surface area contributed by atoms with Crippen LogP contribution < -0.4 is 30.6 Å². The summed E-state index contributed by atoms with van der Waals surface area (Å²) in [6, 6.07) is 24.9. The molecule has 2 heterocycles. The summed E-state index contributed by atoms with van der Waals surface area (Å²) in [5.41, 5.74) is 8.73. The lowest BCUT2D eigenvalue weighted by molar-refractivity contribution is 0.0948. The van der Waals surface area contributed by atoms with E-state index in [4.69, 9.17) is 19.9 Å². The van der Waals surface area contributed by atoms with Crippen molar-refractivity contribution >= 4 is 44.9 Å². The Morgan fingerprint density at radius 2 is 1.56 bits per heavy atom. The maximum atomic E-state index is 13.7. The van der Waals surface area contributed by atoms with Crippen LogP contribution in [0.5, 0.6) is 23.1 Å². The normalized spacial score (nSPS) is 10.8. The van der Waals surface area contributed by atoms with Gasteiger partial charge in [0.2, 0.25) is 5.88 Å². The van der Waals surface area contributed by atoms with Crippen LogP contribution in [0, 0.1) is 0 Å². The summed E-state index contributed by atoms with van der Waals surface area (Å²) < 4.78 is 17.2. The molecule has 4 aromatic carbocycles. The number of methoxy groups -OCH3 is 2. The van der Waals surface area contributed by atoms with Gasteiger partial charge in [0.05, 0.1) is 59.9 Å². The van der Waals surface area contributed by atoms with Crippen LogP contribution in [-0.2, 0) is 6.54 Å². The van der Waals surface area contributed by atoms with E-state index in [1.807, 2.05) is 30.3 Å². The Morgan fingerprint density at radius 1 is 0.778 bits per heavy atom. The number of nitrogens with two attached hydrogens (primary N) is 1. The second kappa shape index (κ2) is 12.6. The number of benzene rings is 4. The fourth-order valence-corrected chi connectivity index (χ4v) is 4.84. The van der Waals surface area contributed by atoms with Crippen molar-refractivity contribution in [3.8, 4) is 23.1 Å². The molecule has 0 radical (unpaired) electrons. The maximum absolute atomic E-state index is 13.7. The monoisotopic (exact) mass is 600 g/mol. The molecule has 0 spiro atoms. The molecule has 0 aliphatic rings. The van der Waals surface area contributed by atoms with Gasteiger partial charge < -0.3 is 30.6 Å². The zero-order chi connectivity index (χ0) is 31.3. The number of carbonyl (C=O) groups excluding carboxylic acids is 2. The summed E-state index contributed by atoms with van der Waals surface area (Å²) >= 11 is 0. The molecule has 6 aromatic rings. The third kappa shape index (κ3) is 6.00. The highest BCUT2D eigenvalue weighted by Gasteiger charge is 2.20. The van der Waals surface area contributed by atoms with E-state index in [9.17, 15) is 9.59 Å². The van der Waals surface area contributed by atoms with E-state index in [0.717, 1.165) is 5.39 Å². The number of rotatable bonds is 9. The predicted molar refractivity (Wildman–Crippen MR) is 171 cm³/mol. The molecule has 224 valence electrons. The summed E-state index contributed by atoms with van der Waals surface area (Å²) in [7, 11) is 3.09. The average molecular weight is 601 g/mol. The topological polar surface area (TPSA) is 151 Å². The first kappa shape index (κ1) is 28.9. The summed E-state index contributed by atoms with van der Waals surface area (Å²) in [4.78, 5) is 39.5. The number of nitrogens with zero attached hydrogens (tertiary/aromatic N) is 3. The molecule has 0 saturated carbocycles. The summed E-state index contributed by atoms with van der Waals surface area (Å²) in [6.45, 7) is 0.114. The number of aromatic nitrogens is 3. The van der Waals surface area contributed by atoms with Gasteiger partial charge in [-0.15, -0.1) is 0 Å². The molecule has 11 nitrogen and oxygen atoms in total. The van der Waals surface area contributed by atoms with E-state index < -0.39 is 0 Å². The van der Waals surface area contributed by atoms with Crippen molar-refractivity contribution in [1.29, 1.82) is 0 Å². The highest BCUT2D eigenvalue weighted by molar-refractivity contribution is 6.09. The SMILES string of the molecule is COc1cc2ncnc(Oc3ccc4ccccc4c3C(=O)NCc3ccc(C(=O)Nc4ccccc4N)cn3)c2cc1OC. The van der Waals surface area contributed by atoms with E-state index in [2.05, 4.69) is 25.6 Å². The van der Waals surface area contributed by atoms with E-state index in [-0.39, 0.29) is 24.2 Å². The summed E-state index contributed by atoms with van der Waals surface area (Å²) in [5, 5.41) is 7.85. The van der Waals surface area contributed by atoms with Gasteiger partial charge in [0.1, 0.15) is 12.1 Å². The van der Waals surface area contributed by atoms with Gasteiger partial charge in [0.15, 0.2) is 11.5 Å². The van der Waals surface area contributed by atoms with Crippen molar-refractivity contribution in [2.45, 2.75) is 6.54 Å². The Balaban J connectivity index is 1.25. The number of nitrogen functional groups attached to an aromatic ring is 1. The number of para-hydroxylation sites is 2. The highest BCUT2D eigenvalue weighted by atomic mass is 16.5. The highest BCUT2D eigenvalue weighted by Crippen LogP contribution is 2.37. The number of hydrogen-bond donors (Lipinski definition) is 3. The first-order valence-corrected chi connectivity index (χ1v) is 13.9. The quantitative estimate of drug-likeness (QED) is 0.176. The van der Waals surface area contributed by atoms with E-state index in [1.54, 1.807) is 61.7 Å². The minimum Gasteiger partial charge on any atom is -0.493 e. The fraction of sp³-hybridized carbons (Fsp3) is 0.0882. The zero-order valence-electron chi connectivity index (χ0n) is 24.4. The van der Waals surface area contributed by atoms with Gasteiger partial charge in [-0.05, 0) is 47.2 Å². The van der Waals surface area contributed by atoms with Crippen molar-refractivity contribution < 1.29 is 23.8 Å². The van der Waals surface area contributed by atoms with Gasteiger partial charge in [0.25, 0.3) is 11.8 Å². The van der Waals surface area contributed by atoms with Gasteiger partial charge in [-0.25, -0.2) is 9.97 Å². The lowest BCUT2D eigenvalue weighted by Crippen LogP contribution is -2.24. The second-order valence-electron chi connectivity index (χ2n) is 9.93. The standard InChI is InChI=1S/C34H28N6O5/c1-43-29-15-24-27(16-30(29)44-2)38-19-39-34(24)45-28-14-12-20-7-3-4-8-23(20)31(28)33(42)37-18-22-13-11-21(17-36-22)32(41)40-26-10-6-5-9-25(26)35/h3-17,19H,18,35H2,1-2H3,(H,37,42)(H,40,41). The minimum atomic E-state index is -0.373. The van der Waals surface area contributed by atoms with Gasteiger partial charge in [-0.1, -0.05) is 42.5 Å². The number of amides is 2. The van der Waals surface area contributed by atoms with Crippen molar-refractivity contribution in [1.82, 2.24) is 20.3 Å². The third-order valence-electron chi connectivity index (χ3n) is 7.15. The zero-order valence-corrected chi connectivity index (χ0v) is 24.4. The van der Waals surface area contributed by atoms with Crippen LogP contribution >= 0.6 is 0 Å². The molecule has 2 aromatic heterocycles. The van der Waals surface area contributed by atoms with Gasteiger partial charge in [0, 0.05) is 12.3 Å². The van der Waals surface area contributed by atoms with Crippen LogP contribution in [0.15, 0.2) is 97.5 Å². The fourth-order valence-electron chi connectivity index (χ4n) is 4.84. The largest absolute Gasteiger partial charge is 0.493 e. The molecule has 0 unspecified atom stereocenters. The van der Waals surface area contributed by atoms with E-state index in [0.29, 0.717) is 61.7 Å². The number of nitrogens with one attached hydrogen (secondary N) is 2. The molecule has 0 bridgehead atoms. The van der Waals surface area contributed by atoms with Crippen LogP contribution in [0.1, 0.15) is 26.4 Å². The van der Waals surface area contributed by atoms with E-state index in [1.165, 1.54) is 19.6 Å². The number of pyridine rings is 1. The number of carbonyl (C=O) groups is 2. The van der Waals surface area contributed by atoms with Crippen LogP contribution in [0.25, 0.3) is 21.7 Å². The molecule has 6 rings (SSSR count). The van der Waals surface area contributed by atoms with Crippen molar-refractivity contribution in [2.75, 3.05) is 25.3 Å². The van der Waals surface area contributed by atoms with Crippen molar-refractivity contribution in [3.63, 3.8) is 0 Å². The van der Waals surface area contributed by atoms with Gasteiger partial charge >= 0.3 is 0 Å². The molecule has 0 atom stereocenters. The molecule has 0 saturated heterocycles. The number of fused-ring (bicyclic) bond motifs is 2. The Hall–Kier alpha value is -6.23. The minimum absolute atomic E-state index is 0.114. The van der Waals surface area contributed by atoms with Crippen LogP contribution in [0.3, 0.4) is 0 Å². The number of hydrogen-bond acceptors (Lipinski definition) is 9. The lowest BCUT2D eigenvalue weighted by Gasteiger charge is -2.15. The van der Waals surface area contributed by atoms with E-state index >= 15 is 0 Å². The Morgan fingerprint density at radius 3 is 2.33 bits per heavy atom. The van der Waals surface area contributed by atoms with Crippen molar-refractivity contribution in [2.24, 2.45) is 0 Å². The summed E-state index contributed by atoms with van der Waals surface area (Å²) in [5.74, 6) is 0.841.